The third kappa shape index (κ3) is 2.86. The molecule has 0 radical (unpaired) electrons. The lowest BCUT2D eigenvalue weighted by Gasteiger charge is -2.20. The van der Waals surface area contributed by atoms with E-state index in [0.717, 1.165) is 15.7 Å². The van der Waals surface area contributed by atoms with Gasteiger partial charge < -0.3 is 5.32 Å². The molecule has 0 bridgehead atoms. The molecule has 2 aromatic rings. The molecule has 116 valence electrons. The van der Waals surface area contributed by atoms with Gasteiger partial charge >= 0.3 is 0 Å². The zero-order chi connectivity index (χ0) is 16.6. The molecule has 4 heteroatoms. The van der Waals surface area contributed by atoms with Crippen LogP contribution in [0.15, 0.2) is 58.1 Å². The number of ketones is 2. The van der Waals surface area contributed by atoms with Crippen LogP contribution in [-0.2, 0) is 0 Å². The van der Waals surface area contributed by atoms with Crippen molar-refractivity contribution >= 4 is 33.2 Å². The minimum Gasteiger partial charge on any atom is -0.380 e. The Hall–Kier alpha value is -2.20. The number of anilines is 1. The van der Waals surface area contributed by atoms with Gasteiger partial charge in [-0.1, -0.05) is 30.3 Å². The lowest BCUT2D eigenvalue weighted by atomic mass is 9.84. The van der Waals surface area contributed by atoms with Crippen molar-refractivity contribution in [3.63, 3.8) is 0 Å². The monoisotopic (exact) mass is 369 g/mol. The smallest absolute Gasteiger partial charge is 0.191 e. The highest BCUT2D eigenvalue weighted by Gasteiger charge is 2.29. The topological polar surface area (TPSA) is 46.2 Å². The van der Waals surface area contributed by atoms with E-state index in [1.807, 2.05) is 25.1 Å². The van der Waals surface area contributed by atoms with Crippen molar-refractivity contribution in [2.75, 3.05) is 11.9 Å². The second-order valence-electron chi connectivity index (χ2n) is 5.64. The Morgan fingerprint density at radius 1 is 0.957 bits per heavy atom. The number of Topliss-reactive ketones (excluding diaryl/α,β-unsaturated/α-hetero) is 2. The van der Waals surface area contributed by atoms with Gasteiger partial charge in [0.1, 0.15) is 0 Å². The summed E-state index contributed by atoms with van der Waals surface area (Å²) in [6.45, 7) is 4.06. The first-order valence-electron chi connectivity index (χ1n) is 7.37. The van der Waals surface area contributed by atoms with Gasteiger partial charge in [0, 0.05) is 39.0 Å². The summed E-state index contributed by atoms with van der Waals surface area (Å²) in [4.78, 5) is 25.1. The molecule has 0 atom stereocenters. The first kappa shape index (κ1) is 15.7. The number of hydrogen-bond acceptors (Lipinski definition) is 3. The zero-order valence-corrected chi connectivity index (χ0v) is 14.5. The number of nitrogens with one attached hydrogen (secondary N) is 1. The molecule has 1 N–H and O–H groups in total. The summed E-state index contributed by atoms with van der Waals surface area (Å²) in [5.74, 6) is -0.145. The van der Waals surface area contributed by atoms with Crippen LogP contribution in [0.3, 0.4) is 0 Å². The van der Waals surface area contributed by atoms with Crippen molar-refractivity contribution in [1.82, 2.24) is 0 Å². The lowest BCUT2D eigenvalue weighted by Crippen LogP contribution is -2.25. The van der Waals surface area contributed by atoms with Crippen LogP contribution in [0.4, 0.5) is 5.69 Å². The van der Waals surface area contributed by atoms with Crippen molar-refractivity contribution in [3.05, 3.63) is 74.8 Å². The van der Waals surface area contributed by atoms with Crippen molar-refractivity contribution < 1.29 is 9.59 Å². The van der Waals surface area contributed by atoms with Crippen LogP contribution in [0.25, 0.3) is 0 Å². The summed E-state index contributed by atoms with van der Waals surface area (Å²) in [5.41, 5.74) is 4.08. The number of carbonyl (C=O) groups excluding carboxylic acids is 2. The summed E-state index contributed by atoms with van der Waals surface area (Å²) >= 11 is 3.51. The van der Waals surface area contributed by atoms with Crippen molar-refractivity contribution in [2.24, 2.45) is 0 Å². The number of fused-ring (bicyclic) bond motifs is 1. The molecule has 1 aliphatic rings. The zero-order valence-electron chi connectivity index (χ0n) is 12.9. The number of hydrogen-bond donors (Lipinski definition) is 1. The summed E-state index contributed by atoms with van der Waals surface area (Å²) in [6, 6.07) is 12.9. The first-order valence-corrected chi connectivity index (χ1v) is 8.16. The maximum absolute atomic E-state index is 12.7. The van der Waals surface area contributed by atoms with E-state index in [1.54, 1.807) is 31.2 Å². The Balaban J connectivity index is 1.89. The summed E-state index contributed by atoms with van der Waals surface area (Å²) in [6.07, 6.45) is 0. The molecule has 23 heavy (non-hydrogen) atoms. The highest BCUT2D eigenvalue weighted by molar-refractivity contribution is 9.10. The number of rotatable bonds is 3. The predicted octanol–water partition coefficient (Wildman–Crippen LogP) is 4.57. The number of benzene rings is 2. The Morgan fingerprint density at radius 3 is 2.26 bits per heavy atom. The number of carbonyl (C=O) groups is 2. The van der Waals surface area contributed by atoms with Gasteiger partial charge in [0.2, 0.25) is 0 Å². The van der Waals surface area contributed by atoms with Gasteiger partial charge in [-0.05, 0) is 47.5 Å². The average molecular weight is 370 g/mol. The number of halogens is 1. The minimum absolute atomic E-state index is 0.0695. The standard InChI is InChI=1S/C19H16BrNO2/c1-11-7-8-17(16(20)9-11)21-10-15-12(2)18(22)13-5-3-4-6-14(13)19(15)23/h3-9,21H,10H2,1-2H3. The SMILES string of the molecule is CC1=C(CNc2ccc(C)cc2Br)C(=O)c2ccccc2C1=O. The second kappa shape index (κ2) is 6.13. The molecule has 0 heterocycles. The van der Waals surface area contributed by atoms with E-state index < -0.39 is 0 Å². The third-order valence-corrected chi connectivity index (χ3v) is 4.72. The summed E-state index contributed by atoms with van der Waals surface area (Å²) in [7, 11) is 0. The molecule has 0 amide bonds. The minimum atomic E-state index is -0.0755. The Labute approximate surface area is 143 Å². The highest BCUT2D eigenvalue weighted by atomic mass is 79.9. The van der Waals surface area contributed by atoms with Gasteiger partial charge in [0.25, 0.3) is 0 Å². The van der Waals surface area contributed by atoms with Crippen LogP contribution >= 0.6 is 15.9 Å². The quantitative estimate of drug-likeness (QED) is 0.861. The van der Waals surface area contributed by atoms with Gasteiger partial charge in [-0.3, -0.25) is 9.59 Å². The van der Waals surface area contributed by atoms with Crippen LogP contribution in [0.5, 0.6) is 0 Å². The van der Waals surface area contributed by atoms with Gasteiger partial charge in [-0.15, -0.1) is 0 Å². The van der Waals surface area contributed by atoms with Crippen molar-refractivity contribution in [1.29, 1.82) is 0 Å². The van der Waals surface area contributed by atoms with E-state index in [4.69, 9.17) is 0 Å². The first-order chi connectivity index (χ1) is 11.0. The molecule has 0 spiro atoms. The molecule has 0 saturated heterocycles. The van der Waals surface area contributed by atoms with E-state index in [9.17, 15) is 9.59 Å². The molecule has 3 nitrogen and oxygen atoms in total. The molecule has 1 aliphatic carbocycles. The fourth-order valence-electron chi connectivity index (χ4n) is 2.71. The molecule has 0 fully saturated rings. The molecular weight excluding hydrogens is 354 g/mol. The third-order valence-electron chi connectivity index (χ3n) is 4.06. The predicted molar refractivity (Wildman–Crippen MR) is 95.2 cm³/mol. The maximum atomic E-state index is 12.7. The molecule has 0 aliphatic heterocycles. The van der Waals surface area contributed by atoms with Crippen molar-refractivity contribution in [2.45, 2.75) is 13.8 Å². The van der Waals surface area contributed by atoms with E-state index in [0.29, 0.717) is 28.8 Å². The maximum Gasteiger partial charge on any atom is 0.191 e. The van der Waals surface area contributed by atoms with E-state index in [-0.39, 0.29) is 11.6 Å². The highest BCUT2D eigenvalue weighted by Crippen LogP contribution is 2.28. The molecule has 0 unspecified atom stereocenters. The molecular formula is C19H16BrNO2. The van der Waals surface area contributed by atoms with Crippen molar-refractivity contribution in [3.8, 4) is 0 Å². The second-order valence-corrected chi connectivity index (χ2v) is 6.50. The molecule has 0 aromatic heterocycles. The largest absolute Gasteiger partial charge is 0.380 e. The summed E-state index contributed by atoms with van der Waals surface area (Å²) in [5, 5.41) is 3.24. The van der Waals surface area contributed by atoms with Crippen LogP contribution in [-0.4, -0.2) is 18.1 Å². The Bertz CT molecular complexity index is 852. The average Bonchev–Trinajstić information content (AvgIpc) is 2.54. The van der Waals surface area contributed by atoms with Gasteiger partial charge in [0.05, 0.1) is 0 Å². The van der Waals surface area contributed by atoms with Crippen LogP contribution in [0, 0.1) is 6.92 Å². The normalized spacial score (nSPS) is 14.0. The van der Waals surface area contributed by atoms with E-state index >= 15 is 0 Å². The molecule has 2 aromatic carbocycles. The molecule has 3 rings (SSSR count). The lowest BCUT2D eigenvalue weighted by molar-refractivity contribution is 0.0974. The van der Waals surface area contributed by atoms with Crippen LogP contribution in [0.2, 0.25) is 0 Å². The Kier molecular flexibility index (Phi) is 4.18. The van der Waals surface area contributed by atoms with Gasteiger partial charge in [-0.25, -0.2) is 0 Å². The van der Waals surface area contributed by atoms with Crippen LogP contribution in [0.1, 0.15) is 33.2 Å². The number of aryl methyl sites for hydroxylation is 1. The fraction of sp³-hybridized carbons (Fsp3) is 0.158. The van der Waals surface area contributed by atoms with Gasteiger partial charge in [0.15, 0.2) is 11.6 Å². The fourth-order valence-corrected chi connectivity index (χ4v) is 3.34. The van der Waals surface area contributed by atoms with Gasteiger partial charge in [-0.2, -0.15) is 0 Å². The summed E-state index contributed by atoms with van der Waals surface area (Å²) < 4.78 is 0.936. The molecule has 0 saturated carbocycles. The van der Waals surface area contributed by atoms with E-state index in [1.165, 1.54) is 0 Å². The van der Waals surface area contributed by atoms with E-state index in [2.05, 4.69) is 21.2 Å². The Morgan fingerprint density at radius 2 is 1.61 bits per heavy atom. The van der Waals surface area contributed by atoms with Crippen LogP contribution < -0.4 is 5.32 Å². The number of allylic oxidation sites excluding steroid dienone is 1.